The van der Waals surface area contributed by atoms with Crippen LogP contribution < -0.4 is 15.5 Å². The van der Waals surface area contributed by atoms with E-state index in [2.05, 4.69) is 40.4 Å². The molecule has 0 unspecified atom stereocenters. The average Bonchev–Trinajstić information content (AvgIpc) is 2.98. The fourth-order valence-corrected chi connectivity index (χ4v) is 4.22. The third-order valence-electron chi connectivity index (χ3n) is 5.25. The van der Waals surface area contributed by atoms with Crippen molar-refractivity contribution >= 4 is 51.4 Å². The third kappa shape index (κ3) is 6.61. The molecule has 33 heavy (non-hydrogen) atoms. The summed E-state index contributed by atoms with van der Waals surface area (Å²) in [6.45, 7) is 8.12. The first-order valence-electron chi connectivity index (χ1n) is 10.9. The number of carbonyl (C=O) groups is 2. The largest absolute Gasteiger partial charge is 0.469 e. The Morgan fingerprint density at radius 3 is 2.61 bits per heavy atom. The highest BCUT2D eigenvalue weighted by atomic mass is 32.2. The average molecular weight is 467 g/mol. The highest BCUT2D eigenvalue weighted by molar-refractivity contribution is 8.14. The number of thioether (sulfide) groups is 1. The fraction of sp³-hybridized carbons (Fsp3) is 0.320. The number of para-hydroxylation sites is 2. The Labute approximate surface area is 199 Å². The molecular formula is C25H30N4O3S. The van der Waals surface area contributed by atoms with E-state index in [1.807, 2.05) is 43.3 Å². The van der Waals surface area contributed by atoms with Gasteiger partial charge in [-0.1, -0.05) is 23.9 Å². The number of ether oxygens (including phenoxy) is 1. The van der Waals surface area contributed by atoms with Crippen LogP contribution in [0.2, 0.25) is 0 Å². The number of fused-ring (bicyclic) bond motifs is 1. The summed E-state index contributed by atoms with van der Waals surface area (Å²) in [7, 11) is 1.36. The van der Waals surface area contributed by atoms with Gasteiger partial charge in [0.15, 0.2) is 0 Å². The molecule has 2 aromatic rings. The summed E-state index contributed by atoms with van der Waals surface area (Å²) in [5.74, 6) is -0.270. The lowest BCUT2D eigenvalue weighted by Gasteiger charge is -2.22. The molecular weight excluding hydrogens is 436 g/mol. The Bertz CT molecular complexity index is 1080. The molecule has 0 aliphatic carbocycles. The molecule has 0 spiro atoms. The first-order chi connectivity index (χ1) is 15.9. The Morgan fingerprint density at radius 2 is 1.91 bits per heavy atom. The number of esters is 1. The summed E-state index contributed by atoms with van der Waals surface area (Å²) < 4.78 is 4.80. The van der Waals surface area contributed by atoms with Crippen molar-refractivity contribution in [2.45, 2.75) is 27.2 Å². The molecule has 3 rings (SSSR count). The second kappa shape index (κ2) is 11.6. The quantitative estimate of drug-likeness (QED) is 0.526. The minimum absolute atomic E-state index is 0.0920. The van der Waals surface area contributed by atoms with Crippen molar-refractivity contribution in [3.05, 3.63) is 59.8 Å². The minimum atomic E-state index is -0.348. The van der Waals surface area contributed by atoms with Gasteiger partial charge in [0.05, 0.1) is 35.7 Å². The van der Waals surface area contributed by atoms with E-state index in [9.17, 15) is 9.59 Å². The summed E-state index contributed by atoms with van der Waals surface area (Å²) in [5, 5.41) is 6.89. The number of nitrogens with zero attached hydrogens (tertiary/aromatic N) is 2. The van der Waals surface area contributed by atoms with Crippen LogP contribution >= 0.6 is 11.8 Å². The maximum Gasteiger partial charge on any atom is 0.311 e. The van der Waals surface area contributed by atoms with Crippen LogP contribution in [0.3, 0.4) is 0 Å². The zero-order chi connectivity index (χ0) is 23.8. The predicted octanol–water partition coefficient (Wildman–Crippen LogP) is 5.12. The number of aryl methyl sites for hydroxylation is 1. The lowest BCUT2D eigenvalue weighted by atomic mass is 10.1. The van der Waals surface area contributed by atoms with Crippen molar-refractivity contribution in [2.75, 3.05) is 41.5 Å². The molecule has 7 nitrogen and oxygen atoms in total. The SMILES string of the molecule is CCN(CC)c1ccc(NC(=O)CSC2=Nc3ccccc3NC(CC(=O)OC)=C2)c(C)c1. The number of amides is 1. The lowest BCUT2D eigenvalue weighted by Crippen LogP contribution is -2.22. The standard InChI is InChI=1S/C25H30N4O3S/c1-5-29(6-2)19-11-12-20(17(3)13-19)27-23(30)16-33-24-14-18(15-25(31)32-4)26-21-9-7-8-10-22(21)28-24/h7-14,26H,5-6,15-16H2,1-4H3,(H,27,30). The van der Waals surface area contributed by atoms with Crippen LogP contribution in [-0.2, 0) is 14.3 Å². The number of nitrogens with one attached hydrogen (secondary N) is 2. The van der Waals surface area contributed by atoms with Crippen LogP contribution in [0.5, 0.6) is 0 Å². The van der Waals surface area contributed by atoms with Crippen LogP contribution in [0, 0.1) is 6.92 Å². The Balaban J connectivity index is 1.69. The monoisotopic (exact) mass is 466 g/mol. The summed E-state index contributed by atoms with van der Waals surface area (Å²) in [5.41, 5.74) is 5.18. The molecule has 0 saturated heterocycles. The molecule has 174 valence electrons. The third-order valence-corrected chi connectivity index (χ3v) is 6.17. The topological polar surface area (TPSA) is 83.0 Å². The zero-order valence-electron chi connectivity index (χ0n) is 19.5. The molecule has 0 saturated carbocycles. The molecule has 0 radical (unpaired) electrons. The number of carbonyl (C=O) groups excluding carboxylic acids is 2. The van der Waals surface area contributed by atoms with Crippen LogP contribution in [0.15, 0.2) is 59.2 Å². The van der Waals surface area contributed by atoms with E-state index in [0.29, 0.717) is 10.7 Å². The van der Waals surface area contributed by atoms with E-state index >= 15 is 0 Å². The van der Waals surface area contributed by atoms with E-state index < -0.39 is 0 Å². The number of hydrogen-bond acceptors (Lipinski definition) is 7. The summed E-state index contributed by atoms with van der Waals surface area (Å²) in [4.78, 5) is 31.4. The summed E-state index contributed by atoms with van der Waals surface area (Å²) in [6, 6.07) is 13.7. The van der Waals surface area contributed by atoms with Gasteiger partial charge in [0.25, 0.3) is 0 Å². The summed E-state index contributed by atoms with van der Waals surface area (Å²) >= 11 is 1.32. The molecule has 1 amide bonds. The van der Waals surface area contributed by atoms with E-state index in [1.54, 1.807) is 6.08 Å². The minimum Gasteiger partial charge on any atom is -0.469 e. The highest BCUT2D eigenvalue weighted by Crippen LogP contribution is 2.31. The van der Waals surface area contributed by atoms with E-state index in [1.165, 1.54) is 18.9 Å². The normalized spacial score (nSPS) is 12.5. The Morgan fingerprint density at radius 1 is 1.15 bits per heavy atom. The van der Waals surface area contributed by atoms with Gasteiger partial charge in [-0.05, 0) is 62.7 Å². The van der Waals surface area contributed by atoms with Crippen LogP contribution in [-0.4, -0.2) is 42.9 Å². The van der Waals surface area contributed by atoms with E-state index in [-0.39, 0.29) is 24.1 Å². The van der Waals surface area contributed by atoms with Gasteiger partial charge in [-0.15, -0.1) is 0 Å². The lowest BCUT2D eigenvalue weighted by molar-refractivity contribution is -0.139. The van der Waals surface area contributed by atoms with Gasteiger partial charge in [0, 0.05) is 30.2 Å². The molecule has 0 aromatic heterocycles. The molecule has 2 N–H and O–H groups in total. The van der Waals surface area contributed by atoms with Crippen LogP contribution in [0.4, 0.5) is 22.7 Å². The molecule has 8 heteroatoms. The molecule has 0 bridgehead atoms. The van der Waals surface area contributed by atoms with Crippen molar-refractivity contribution in [3.63, 3.8) is 0 Å². The van der Waals surface area contributed by atoms with Crippen molar-refractivity contribution in [1.82, 2.24) is 0 Å². The Hall–Kier alpha value is -3.26. The number of aliphatic imine (C=N–C) groups is 1. The van der Waals surface area contributed by atoms with Gasteiger partial charge in [-0.25, -0.2) is 4.99 Å². The number of benzene rings is 2. The number of hydrogen-bond donors (Lipinski definition) is 2. The molecule has 1 heterocycles. The first-order valence-corrected chi connectivity index (χ1v) is 11.9. The first kappa shape index (κ1) is 24.4. The van der Waals surface area contributed by atoms with Gasteiger partial charge in [-0.3, -0.25) is 9.59 Å². The second-order valence-corrected chi connectivity index (χ2v) is 8.52. The molecule has 2 aromatic carbocycles. The molecule has 0 atom stereocenters. The molecule has 0 fully saturated rings. The van der Waals surface area contributed by atoms with Crippen molar-refractivity contribution < 1.29 is 14.3 Å². The van der Waals surface area contributed by atoms with E-state index in [0.717, 1.165) is 41.4 Å². The smallest absolute Gasteiger partial charge is 0.311 e. The van der Waals surface area contributed by atoms with Crippen molar-refractivity contribution in [2.24, 2.45) is 4.99 Å². The number of methoxy groups -OCH3 is 1. The highest BCUT2D eigenvalue weighted by Gasteiger charge is 2.16. The number of anilines is 3. The van der Waals surface area contributed by atoms with Crippen LogP contribution in [0.1, 0.15) is 25.8 Å². The van der Waals surface area contributed by atoms with Crippen molar-refractivity contribution in [1.29, 1.82) is 0 Å². The van der Waals surface area contributed by atoms with Crippen molar-refractivity contribution in [3.8, 4) is 0 Å². The van der Waals surface area contributed by atoms with Crippen LogP contribution in [0.25, 0.3) is 0 Å². The maximum atomic E-state index is 12.7. The fourth-order valence-electron chi connectivity index (χ4n) is 3.48. The predicted molar refractivity (Wildman–Crippen MR) is 138 cm³/mol. The second-order valence-electron chi connectivity index (χ2n) is 7.52. The van der Waals surface area contributed by atoms with Gasteiger partial charge in [0.1, 0.15) is 0 Å². The molecule has 1 aliphatic heterocycles. The summed E-state index contributed by atoms with van der Waals surface area (Å²) in [6.07, 6.45) is 1.88. The van der Waals surface area contributed by atoms with Gasteiger partial charge in [-0.2, -0.15) is 0 Å². The maximum absolute atomic E-state index is 12.7. The van der Waals surface area contributed by atoms with E-state index in [4.69, 9.17) is 4.74 Å². The van der Waals surface area contributed by atoms with Gasteiger partial charge in [0.2, 0.25) is 5.91 Å². The van der Waals surface area contributed by atoms with Gasteiger partial charge < -0.3 is 20.3 Å². The van der Waals surface area contributed by atoms with Gasteiger partial charge >= 0.3 is 5.97 Å². The Kier molecular flexibility index (Phi) is 8.54. The zero-order valence-corrected chi connectivity index (χ0v) is 20.3. The number of rotatable bonds is 8. The molecule has 1 aliphatic rings.